The van der Waals surface area contributed by atoms with Crippen LogP contribution in [0.2, 0.25) is 5.02 Å². The van der Waals surface area contributed by atoms with Gasteiger partial charge in [0.2, 0.25) is 10.0 Å². The Kier molecular flexibility index (Phi) is 7.95. The molecule has 0 bridgehead atoms. The van der Waals surface area contributed by atoms with E-state index in [0.29, 0.717) is 23.7 Å². The molecule has 2 heterocycles. The summed E-state index contributed by atoms with van der Waals surface area (Å²) < 4.78 is 27.3. The first kappa shape index (κ1) is 25.4. The molecule has 0 saturated carbocycles. The van der Waals surface area contributed by atoms with Crippen molar-refractivity contribution >= 4 is 56.5 Å². The van der Waals surface area contributed by atoms with Gasteiger partial charge in [-0.25, -0.2) is 8.42 Å². The number of nitrogens with zero attached hydrogens (tertiary/aromatic N) is 2. The molecule has 1 N–H and O–H groups in total. The predicted octanol–water partition coefficient (Wildman–Crippen LogP) is 3.98. The molecule has 8 nitrogen and oxygen atoms in total. The quantitative estimate of drug-likeness (QED) is 0.540. The molecule has 2 aliphatic heterocycles. The van der Waals surface area contributed by atoms with Gasteiger partial charge in [0.15, 0.2) is 0 Å². The summed E-state index contributed by atoms with van der Waals surface area (Å²) in [7, 11) is -3.66. The van der Waals surface area contributed by atoms with Gasteiger partial charge in [-0.1, -0.05) is 42.3 Å². The third-order valence-corrected chi connectivity index (χ3v) is 8.88. The van der Waals surface area contributed by atoms with E-state index < -0.39 is 27.1 Å². The lowest BCUT2D eigenvalue weighted by atomic mass is 10.2. The highest BCUT2D eigenvalue weighted by Gasteiger charge is 2.35. The van der Waals surface area contributed by atoms with Crippen molar-refractivity contribution in [3.8, 4) is 0 Å². The van der Waals surface area contributed by atoms with Crippen LogP contribution in [-0.4, -0.2) is 60.9 Å². The normalized spacial score (nSPS) is 18.3. The zero-order valence-corrected chi connectivity index (χ0v) is 21.2. The topological polar surface area (TPSA) is 104 Å². The number of halogens is 1. The number of hydrogen-bond acceptors (Lipinski definition) is 6. The van der Waals surface area contributed by atoms with E-state index in [4.69, 9.17) is 11.6 Å². The second kappa shape index (κ2) is 10.9. The van der Waals surface area contributed by atoms with E-state index >= 15 is 0 Å². The number of carbonyl (C=O) groups is 3. The number of carbonyl (C=O) groups excluding carboxylic acids is 3. The second-order valence-electron chi connectivity index (χ2n) is 8.10. The van der Waals surface area contributed by atoms with Crippen LogP contribution in [-0.2, 0) is 14.8 Å². The molecule has 4 rings (SSSR count). The molecule has 0 aliphatic carbocycles. The van der Waals surface area contributed by atoms with Crippen LogP contribution in [0.4, 0.5) is 4.79 Å². The maximum atomic E-state index is 12.9. The van der Waals surface area contributed by atoms with Crippen LogP contribution in [0.15, 0.2) is 58.3 Å². The highest BCUT2D eigenvalue weighted by molar-refractivity contribution is 8.18. The van der Waals surface area contributed by atoms with Gasteiger partial charge in [-0.15, -0.1) is 0 Å². The molecular weight excluding hydrogens is 510 g/mol. The molecule has 35 heavy (non-hydrogen) atoms. The molecule has 2 aromatic rings. The number of piperidine rings is 1. The standard InChI is InChI=1S/C24H24ClN3O5S2/c25-20-10-3-2-7-17(20)16-21-23(30)28(24(31)34-21)14-11-26-22(29)18-8-6-9-19(15-18)35(32,33)27-12-4-1-5-13-27/h2-3,6-10,15-16H,1,4-5,11-14H2,(H,26,29)/b21-16+. The molecule has 2 fully saturated rings. The zero-order valence-electron chi connectivity index (χ0n) is 18.8. The molecular formula is C24H24ClN3O5S2. The van der Waals surface area contributed by atoms with E-state index in [1.807, 2.05) is 0 Å². The average Bonchev–Trinajstić information content (AvgIpc) is 3.13. The van der Waals surface area contributed by atoms with Crippen LogP contribution in [0.3, 0.4) is 0 Å². The van der Waals surface area contributed by atoms with E-state index in [1.54, 1.807) is 30.3 Å². The van der Waals surface area contributed by atoms with Gasteiger partial charge in [0.25, 0.3) is 17.1 Å². The molecule has 2 aromatic carbocycles. The molecule has 0 radical (unpaired) electrons. The van der Waals surface area contributed by atoms with Gasteiger partial charge in [0.1, 0.15) is 0 Å². The van der Waals surface area contributed by atoms with E-state index in [-0.39, 0.29) is 28.5 Å². The molecule has 2 saturated heterocycles. The van der Waals surface area contributed by atoms with Crippen molar-refractivity contribution < 1.29 is 22.8 Å². The average molecular weight is 534 g/mol. The number of amides is 3. The molecule has 3 amide bonds. The molecule has 0 spiro atoms. The number of benzene rings is 2. The van der Waals surface area contributed by atoms with Crippen molar-refractivity contribution in [1.82, 2.24) is 14.5 Å². The van der Waals surface area contributed by atoms with Crippen LogP contribution in [0.25, 0.3) is 6.08 Å². The molecule has 0 unspecified atom stereocenters. The number of hydrogen-bond donors (Lipinski definition) is 1. The van der Waals surface area contributed by atoms with E-state index in [1.165, 1.54) is 28.6 Å². The Morgan fingerprint density at radius 1 is 1.06 bits per heavy atom. The maximum Gasteiger partial charge on any atom is 0.293 e. The molecule has 0 atom stereocenters. The van der Waals surface area contributed by atoms with Crippen molar-refractivity contribution in [3.63, 3.8) is 0 Å². The summed E-state index contributed by atoms with van der Waals surface area (Å²) >= 11 is 6.95. The van der Waals surface area contributed by atoms with Gasteiger partial charge in [0, 0.05) is 36.8 Å². The van der Waals surface area contributed by atoms with E-state index in [2.05, 4.69) is 5.32 Å². The minimum absolute atomic E-state index is 0.0119. The lowest BCUT2D eigenvalue weighted by Crippen LogP contribution is -2.37. The van der Waals surface area contributed by atoms with Crippen LogP contribution < -0.4 is 5.32 Å². The zero-order chi connectivity index (χ0) is 25.0. The SMILES string of the molecule is O=C(NCCN1C(=O)S/C(=C/c2ccccc2Cl)C1=O)c1cccc(S(=O)(=O)N2CCCCC2)c1. The van der Waals surface area contributed by atoms with Gasteiger partial charge in [-0.3, -0.25) is 19.3 Å². The lowest BCUT2D eigenvalue weighted by molar-refractivity contribution is -0.122. The second-order valence-corrected chi connectivity index (χ2v) is 11.4. The first-order valence-corrected chi connectivity index (χ1v) is 13.8. The minimum Gasteiger partial charge on any atom is -0.350 e. The summed E-state index contributed by atoms with van der Waals surface area (Å²) in [6.07, 6.45) is 4.22. The van der Waals surface area contributed by atoms with Crippen LogP contribution in [0, 0.1) is 0 Å². The number of rotatable bonds is 7. The van der Waals surface area contributed by atoms with Crippen LogP contribution in [0.1, 0.15) is 35.2 Å². The number of imide groups is 1. The van der Waals surface area contributed by atoms with Gasteiger partial charge in [-0.2, -0.15) is 4.31 Å². The summed E-state index contributed by atoms with van der Waals surface area (Å²) in [6, 6.07) is 12.9. The number of nitrogens with one attached hydrogen (secondary N) is 1. The van der Waals surface area contributed by atoms with Crippen LogP contribution >= 0.6 is 23.4 Å². The predicted molar refractivity (Wildman–Crippen MR) is 136 cm³/mol. The van der Waals surface area contributed by atoms with E-state index in [0.717, 1.165) is 35.9 Å². The monoisotopic (exact) mass is 533 g/mol. The highest BCUT2D eigenvalue weighted by Crippen LogP contribution is 2.33. The minimum atomic E-state index is -3.66. The first-order chi connectivity index (χ1) is 16.8. The first-order valence-electron chi connectivity index (χ1n) is 11.2. The maximum absolute atomic E-state index is 12.9. The van der Waals surface area contributed by atoms with Gasteiger partial charge < -0.3 is 5.32 Å². The van der Waals surface area contributed by atoms with Crippen molar-refractivity contribution in [1.29, 1.82) is 0 Å². The summed E-state index contributed by atoms with van der Waals surface area (Å²) in [6.45, 7) is 0.963. The highest BCUT2D eigenvalue weighted by atomic mass is 35.5. The Labute approximate surface area is 213 Å². The summed E-state index contributed by atoms with van der Waals surface area (Å²) in [5.74, 6) is -0.942. The lowest BCUT2D eigenvalue weighted by Gasteiger charge is -2.26. The molecule has 0 aromatic heterocycles. The molecule has 184 valence electrons. The molecule has 11 heteroatoms. The Morgan fingerprint density at radius 3 is 2.54 bits per heavy atom. The Morgan fingerprint density at radius 2 is 1.80 bits per heavy atom. The number of thioether (sulfide) groups is 1. The Hall–Kier alpha value is -2.66. The third kappa shape index (κ3) is 5.78. The van der Waals surface area contributed by atoms with Crippen molar-refractivity contribution in [2.45, 2.75) is 24.2 Å². The molecule has 2 aliphatic rings. The largest absolute Gasteiger partial charge is 0.350 e. The van der Waals surface area contributed by atoms with Crippen molar-refractivity contribution in [2.75, 3.05) is 26.2 Å². The van der Waals surface area contributed by atoms with E-state index in [9.17, 15) is 22.8 Å². The summed E-state index contributed by atoms with van der Waals surface area (Å²) in [5, 5.41) is 2.69. The summed E-state index contributed by atoms with van der Waals surface area (Å²) in [5.41, 5.74) is 0.822. The third-order valence-electron chi connectivity index (χ3n) is 5.74. The fraction of sp³-hybridized carbons (Fsp3) is 0.292. The summed E-state index contributed by atoms with van der Waals surface area (Å²) in [4.78, 5) is 39.0. The fourth-order valence-electron chi connectivity index (χ4n) is 3.86. The van der Waals surface area contributed by atoms with Gasteiger partial charge in [0.05, 0.1) is 9.80 Å². The Balaban J connectivity index is 1.37. The van der Waals surface area contributed by atoms with Crippen molar-refractivity contribution in [2.24, 2.45) is 0 Å². The fourth-order valence-corrected chi connectivity index (χ4v) is 6.47. The van der Waals surface area contributed by atoms with Crippen molar-refractivity contribution in [3.05, 3.63) is 69.6 Å². The number of sulfonamides is 1. The smallest absolute Gasteiger partial charge is 0.293 e. The Bertz CT molecular complexity index is 1290. The van der Waals surface area contributed by atoms with Crippen LogP contribution in [0.5, 0.6) is 0 Å². The van der Waals surface area contributed by atoms with Gasteiger partial charge in [-0.05, 0) is 60.5 Å². The van der Waals surface area contributed by atoms with Gasteiger partial charge >= 0.3 is 0 Å².